The van der Waals surface area contributed by atoms with E-state index >= 15 is 0 Å². The highest BCUT2D eigenvalue weighted by Crippen LogP contribution is 2.34. The molecule has 98 valence electrons. The molecule has 0 bridgehead atoms. The Morgan fingerprint density at radius 1 is 1.33 bits per heavy atom. The van der Waals surface area contributed by atoms with Crippen LogP contribution in [-0.2, 0) is 0 Å². The Balaban J connectivity index is 2.26. The molecular formula is C13H19N3O2. The third-order valence-corrected chi connectivity index (χ3v) is 3.30. The first kappa shape index (κ1) is 12.7. The Morgan fingerprint density at radius 2 is 2.00 bits per heavy atom. The first-order valence-corrected chi connectivity index (χ1v) is 6.50. The summed E-state index contributed by atoms with van der Waals surface area (Å²) in [4.78, 5) is 10.9. The molecule has 0 saturated heterocycles. The van der Waals surface area contributed by atoms with Crippen molar-refractivity contribution in [3.05, 3.63) is 28.3 Å². The number of rotatable bonds is 5. The van der Waals surface area contributed by atoms with Gasteiger partial charge in [0.1, 0.15) is 11.4 Å². The van der Waals surface area contributed by atoms with Crippen molar-refractivity contribution in [2.45, 2.75) is 38.6 Å². The van der Waals surface area contributed by atoms with Gasteiger partial charge in [-0.3, -0.25) is 10.1 Å². The molecule has 2 N–H and O–H groups in total. The fraction of sp³-hybridized carbons (Fsp3) is 0.538. The van der Waals surface area contributed by atoms with E-state index in [0.29, 0.717) is 24.0 Å². The molecule has 18 heavy (non-hydrogen) atoms. The number of benzene rings is 1. The quantitative estimate of drug-likeness (QED) is 0.620. The van der Waals surface area contributed by atoms with Gasteiger partial charge < -0.3 is 10.6 Å². The lowest BCUT2D eigenvalue weighted by Gasteiger charge is -2.15. The average molecular weight is 249 g/mol. The Bertz CT molecular complexity index is 428. The summed E-state index contributed by atoms with van der Waals surface area (Å²) >= 11 is 0. The van der Waals surface area contributed by atoms with Crippen molar-refractivity contribution < 1.29 is 4.92 Å². The van der Waals surface area contributed by atoms with Crippen LogP contribution in [-0.4, -0.2) is 17.5 Å². The smallest absolute Gasteiger partial charge is 0.315 e. The van der Waals surface area contributed by atoms with Crippen LogP contribution in [0.2, 0.25) is 0 Å². The minimum Gasteiger partial charge on any atom is -0.380 e. The Morgan fingerprint density at radius 3 is 2.61 bits per heavy atom. The number of hydrogen-bond donors (Lipinski definition) is 2. The SMILES string of the molecule is CCNc1cccc(NC2CCCC2)c1[N+](=O)[O-]. The lowest BCUT2D eigenvalue weighted by Crippen LogP contribution is -2.16. The van der Waals surface area contributed by atoms with Gasteiger partial charge in [-0.25, -0.2) is 0 Å². The van der Waals surface area contributed by atoms with Crippen molar-refractivity contribution in [3.63, 3.8) is 0 Å². The molecule has 0 aliphatic heterocycles. The molecule has 0 radical (unpaired) electrons. The van der Waals surface area contributed by atoms with Gasteiger partial charge in [-0.2, -0.15) is 0 Å². The number of para-hydroxylation sites is 1. The van der Waals surface area contributed by atoms with Crippen molar-refractivity contribution in [2.75, 3.05) is 17.2 Å². The molecule has 0 heterocycles. The maximum atomic E-state index is 11.2. The summed E-state index contributed by atoms with van der Waals surface area (Å²) in [7, 11) is 0. The van der Waals surface area contributed by atoms with Crippen molar-refractivity contribution in [1.29, 1.82) is 0 Å². The summed E-state index contributed by atoms with van der Waals surface area (Å²) in [5, 5.41) is 17.6. The van der Waals surface area contributed by atoms with E-state index in [4.69, 9.17) is 0 Å². The number of nitrogens with one attached hydrogen (secondary N) is 2. The monoisotopic (exact) mass is 249 g/mol. The Hall–Kier alpha value is -1.78. The van der Waals surface area contributed by atoms with Crippen LogP contribution in [0.3, 0.4) is 0 Å². The molecule has 0 unspecified atom stereocenters. The molecule has 0 aromatic heterocycles. The van der Waals surface area contributed by atoms with Crippen molar-refractivity contribution in [2.24, 2.45) is 0 Å². The zero-order valence-corrected chi connectivity index (χ0v) is 10.6. The molecule has 1 saturated carbocycles. The second kappa shape index (κ2) is 5.71. The van der Waals surface area contributed by atoms with Crippen molar-refractivity contribution >= 4 is 17.1 Å². The second-order valence-corrected chi connectivity index (χ2v) is 4.61. The van der Waals surface area contributed by atoms with E-state index in [1.54, 1.807) is 12.1 Å². The zero-order chi connectivity index (χ0) is 13.0. The molecule has 2 rings (SSSR count). The van der Waals surface area contributed by atoms with Crippen LogP contribution in [0, 0.1) is 10.1 Å². The van der Waals surface area contributed by atoms with Gasteiger partial charge in [0, 0.05) is 12.6 Å². The fourth-order valence-corrected chi connectivity index (χ4v) is 2.48. The molecular weight excluding hydrogens is 230 g/mol. The van der Waals surface area contributed by atoms with Gasteiger partial charge in [-0.1, -0.05) is 18.9 Å². The van der Waals surface area contributed by atoms with Crippen LogP contribution in [0.5, 0.6) is 0 Å². The summed E-state index contributed by atoms with van der Waals surface area (Å²) < 4.78 is 0. The summed E-state index contributed by atoms with van der Waals surface area (Å²) in [6, 6.07) is 5.77. The maximum Gasteiger partial charge on any atom is 0.315 e. The molecule has 0 spiro atoms. The third kappa shape index (κ3) is 2.72. The minimum absolute atomic E-state index is 0.159. The number of anilines is 2. The summed E-state index contributed by atoms with van der Waals surface area (Å²) in [5.74, 6) is 0. The van der Waals surface area contributed by atoms with Crippen LogP contribution < -0.4 is 10.6 Å². The fourth-order valence-electron chi connectivity index (χ4n) is 2.48. The molecule has 1 aromatic carbocycles. The Labute approximate surface area is 107 Å². The Kier molecular flexibility index (Phi) is 4.02. The minimum atomic E-state index is -0.310. The van der Waals surface area contributed by atoms with Gasteiger partial charge in [-0.05, 0) is 31.9 Å². The normalized spacial score (nSPS) is 15.6. The van der Waals surface area contributed by atoms with E-state index in [2.05, 4.69) is 10.6 Å². The number of nitro groups is 1. The van der Waals surface area contributed by atoms with E-state index < -0.39 is 0 Å². The number of nitrogens with zero attached hydrogens (tertiary/aromatic N) is 1. The van der Waals surface area contributed by atoms with Gasteiger partial charge in [0.15, 0.2) is 0 Å². The van der Waals surface area contributed by atoms with E-state index in [1.165, 1.54) is 12.8 Å². The third-order valence-electron chi connectivity index (χ3n) is 3.30. The zero-order valence-electron chi connectivity index (χ0n) is 10.6. The summed E-state index contributed by atoms with van der Waals surface area (Å²) in [6.45, 7) is 2.61. The standard InChI is InChI=1S/C13H19N3O2/c1-2-14-11-8-5-9-12(13(11)16(17)18)15-10-6-3-4-7-10/h5,8-10,14-15H,2-4,6-7H2,1H3. The van der Waals surface area contributed by atoms with Gasteiger partial charge in [0.25, 0.3) is 0 Å². The van der Waals surface area contributed by atoms with Gasteiger partial charge in [0.05, 0.1) is 4.92 Å². The van der Waals surface area contributed by atoms with E-state index in [0.717, 1.165) is 12.8 Å². The van der Waals surface area contributed by atoms with Crippen LogP contribution >= 0.6 is 0 Å². The van der Waals surface area contributed by atoms with Gasteiger partial charge in [0.2, 0.25) is 0 Å². The number of nitro benzene ring substituents is 1. The number of hydrogen-bond acceptors (Lipinski definition) is 4. The van der Waals surface area contributed by atoms with Crippen LogP contribution in [0.1, 0.15) is 32.6 Å². The lowest BCUT2D eigenvalue weighted by atomic mass is 10.2. The molecule has 0 amide bonds. The first-order chi connectivity index (χ1) is 8.72. The van der Waals surface area contributed by atoms with E-state index in [9.17, 15) is 10.1 Å². The maximum absolute atomic E-state index is 11.2. The van der Waals surface area contributed by atoms with Crippen LogP contribution in [0.4, 0.5) is 17.1 Å². The predicted octanol–water partition coefficient (Wildman–Crippen LogP) is 3.38. The van der Waals surface area contributed by atoms with Crippen LogP contribution in [0.15, 0.2) is 18.2 Å². The van der Waals surface area contributed by atoms with Gasteiger partial charge >= 0.3 is 5.69 Å². The second-order valence-electron chi connectivity index (χ2n) is 4.61. The predicted molar refractivity (Wildman–Crippen MR) is 73.1 cm³/mol. The van der Waals surface area contributed by atoms with Crippen molar-refractivity contribution in [3.8, 4) is 0 Å². The van der Waals surface area contributed by atoms with E-state index in [-0.39, 0.29) is 10.6 Å². The molecule has 5 nitrogen and oxygen atoms in total. The first-order valence-electron chi connectivity index (χ1n) is 6.50. The van der Waals surface area contributed by atoms with Crippen molar-refractivity contribution in [1.82, 2.24) is 0 Å². The van der Waals surface area contributed by atoms with E-state index in [1.807, 2.05) is 13.0 Å². The van der Waals surface area contributed by atoms with Gasteiger partial charge in [-0.15, -0.1) is 0 Å². The molecule has 0 atom stereocenters. The highest BCUT2D eigenvalue weighted by Gasteiger charge is 2.22. The molecule has 1 aliphatic rings. The topological polar surface area (TPSA) is 67.2 Å². The lowest BCUT2D eigenvalue weighted by molar-refractivity contribution is -0.383. The molecule has 1 aliphatic carbocycles. The molecule has 5 heteroatoms. The van der Waals surface area contributed by atoms with Crippen LogP contribution in [0.25, 0.3) is 0 Å². The average Bonchev–Trinajstić information content (AvgIpc) is 2.82. The summed E-state index contributed by atoms with van der Waals surface area (Å²) in [6.07, 6.45) is 4.61. The largest absolute Gasteiger partial charge is 0.380 e. The highest BCUT2D eigenvalue weighted by atomic mass is 16.6. The summed E-state index contributed by atoms with van der Waals surface area (Å²) in [5.41, 5.74) is 1.38. The highest BCUT2D eigenvalue weighted by molar-refractivity contribution is 5.76. The molecule has 1 aromatic rings. The molecule has 1 fully saturated rings.